The number of rotatable bonds is 7. The lowest BCUT2D eigenvalue weighted by molar-refractivity contribution is -0.142. The highest BCUT2D eigenvalue weighted by Crippen LogP contribution is 1.97. The van der Waals surface area contributed by atoms with Gasteiger partial charge in [-0.3, -0.25) is 4.79 Å². The number of aliphatic hydroxyl groups is 1. The lowest BCUT2D eigenvalue weighted by Crippen LogP contribution is -2.44. The fourth-order valence-electron chi connectivity index (χ4n) is 0.670. The molecule has 0 rings (SSSR count). The van der Waals surface area contributed by atoms with Crippen LogP contribution in [0.15, 0.2) is 0 Å². The Bertz CT molecular complexity index is 200. The highest BCUT2D eigenvalue weighted by molar-refractivity contribution is 7.99. The Morgan fingerprint density at radius 3 is 2.57 bits per heavy atom. The highest BCUT2D eigenvalue weighted by Gasteiger charge is 2.17. The van der Waals surface area contributed by atoms with Crippen molar-refractivity contribution in [3.63, 3.8) is 0 Å². The van der Waals surface area contributed by atoms with Gasteiger partial charge in [-0.2, -0.15) is 11.8 Å². The van der Waals surface area contributed by atoms with Crippen molar-refractivity contribution in [2.24, 2.45) is 5.73 Å². The largest absolute Gasteiger partial charge is 0.480 e. The molecule has 7 heteroatoms. The van der Waals surface area contributed by atoms with Crippen molar-refractivity contribution in [2.45, 2.75) is 6.04 Å². The molecule has 0 aromatic heterocycles. The number of hydrogen-bond acceptors (Lipinski definition) is 5. The number of hydrogen-bond donors (Lipinski definition) is 4. The van der Waals surface area contributed by atoms with E-state index in [1.165, 1.54) is 11.8 Å². The molecule has 0 saturated heterocycles. The standard InChI is InChI=1S/C7H14N2O4S/c8-1-2-14-4-6(11)9-5(3-10)7(12)13/h5,10H,1-4,8H2,(H,9,11)(H,12,13). The van der Waals surface area contributed by atoms with E-state index in [0.29, 0.717) is 12.3 Å². The molecule has 6 nitrogen and oxygen atoms in total. The van der Waals surface area contributed by atoms with Crippen LogP contribution < -0.4 is 11.1 Å². The van der Waals surface area contributed by atoms with Crippen molar-refractivity contribution in [3.05, 3.63) is 0 Å². The molecule has 5 N–H and O–H groups in total. The first-order valence-electron chi connectivity index (χ1n) is 4.02. The third-order valence-electron chi connectivity index (χ3n) is 1.31. The number of aliphatic carboxylic acids is 1. The maximum atomic E-state index is 11.0. The monoisotopic (exact) mass is 222 g/mol. The molecule has 0 aromatic rings. The summed E-state index contributed by atoms with van der Waals surface area (Å²) >= 11 is 1.31. The normalized spacial score (nSPS) is 12.1. The number of nitrogens with one attached hydrogen (secondary N) is 1. The maximum Gasteiger partial charge on any atom is 0.328 e. The van der Waals surface area contributed by atoms with Crippen LogP contribution in [0, 0.1) is 0 Å². The van der Waals surface area contributed by atoms with Gasteiger partial charge >= 0.3 is 5.97 Å². The topological polar surface area (TPSA) is 113 Å². The average molecular weight is 222 g/mol. The zero-order valence-electron chi connectivity index (χ0n) is 7.60. The van der Waals surface area contributed by atoms with Crippen molar-refractivity contribution < 1.29 is 19.8 Å². The van der Waals surface area contributed by atoms with Gasteiger partial charge in [0, 0.05) is 12.3 Å². The summed E-state index contributed by atoms with van der Waals surface area (Å²) in [4.78, 5) is 21.4. The van der Waals surface area contributed by atoms with E-state index in [-0.39, 0.29) is 5.75 Å². The van der Waals surface area contributed by atoms with Gasteiger partial charge in [-0.15, -0.1) is 0 Å². The summed E-state index contributed by atoms with van der Waals surface area (Å²) in [5, 5.41) is 19.3. The van der Waals surface area contributed by atoms with Crippen molar-refractivity contribution in [1.82, 2.24) is 5.32 Å². The van der Waals surface area contributed by atoms with Crippen molar-refractivity contribution in [3.8, 4) is 0 Å². The summed E-state index contributed by atoms with van der Waals surface area (Å²) in [6.45, 7) is -0.136. The van der Waals surface area contributed by atoms with Gasteiger partial charge in [0.05, 0.1) is 12.4 Å². The lowest BCUT2D eigenvalue weighted by atomic mass is 10.3. The van der Waals surface area contributed by atoms with Gasteiger partial charge in [-0.1, -0.05) is 0 Å². The quantitative estimate of drug-likeness (QED) is 0.380. The fourth-order valence-corrected chi connectivity index (χ4v) is 1.25. The van der Waals surface area contributed by atoms with E-state index < -0.39 is 24.5 Å². The molecule has 0 aliphatic carbocycles. The molecule has 0 bridgehead atoms. The second-order valence-corrected chi connectivity index (χ2v) is 3.59. The Kier molecular flexibility index (Phi) is 7.17. The molecular weight excluding hydrogens is 208 g/mol. The zero-order valence-corrected chi connectivity index (χ0v) is 8.42. The Morgan fingerprint density at radius 1 is 1.50 bits per heavy atom. The molecule has 1 amide bonds. The zero-order chi connectivity index (χ0) is 11.0. The molecule has 0 heterocycles. The number of thioether (sulfide) groups is 1. The molecule has 14 heavy (non-hydrogen) atoms. The van der Waals surface area contributed by atoms with Gasteiger partial charge in [0.25, 0.3) is 0 Å². The third kappa shape index (κ3) is 5.79. The SMILES string of the molecule is NCCSCC(=O)NC(CO)C(=O)O. The minimum atomic E-state index is -1.25. The fraction of sp³-hybridized carbons (Fsp3) is 0.714. The van der Waals surface area contributed by atoms with E-state index in [9.17, 15) is 9.59 Å². The number of carboxylic acids is 1. The van der Waals surface area contributed by atoms with Crippen molar-refractivity contribution in [1.29, 1.82) is 0 Å². The predicted molar refractivity (Wildman–Crippen MR) is 53.0 cm³/mol. The summed E-state index contributed by atoms with van der Waals surface area (Å²) in [7, 11) is 0. The summed E-state index contributed by atoms with van der Waals surface area (Å²) < 4.78 is 0. The molecule has 0 radical (unpaired) electrons. The minimum absolute atomic E-state index is 0.154. The molecule has 0 spiro atoms. The molecule has 82 valence electrons. The van der Waals surface area contributed by atoms with Crippen LogP contribution in [0.5, 0.6) is 0 Å². The number of nitrogens with two attached hydrogens (primary N) is 1. The maximum absolute atomic E-state index is 11.0. The first-order chi connectivity index (χ1) is 6.61. The Labute approximate surface area is 85.9 Å². The second kappa shape index (κ2) is 7.60. The highest BCUT2D eigenvalue weighted by atomic mass is 32.2. The molecule has 0 aliphatic heterocycles. The molecule has 1 atom stereocenters. The molecule has 0 aromatic carbocycles. The minimum Gasteiger partial charge on any atom is -0.480 e. The van der Waals surface area contributed by atoms with Crippen LogP contribution in [0.3, 0.4) is 0 Å². The number of amides is 1. The molecular formula is C7H14N2O4S. The van der Waals surface area contributed by atoms with Gasteiger partial charge in [0.15, 0.2) is 0 Å². The molecule has 1 unspecified atom stereocenters. The van der Waals surface area contributed by atoms with Gasteiger partial charge < -0.3 is 21.3 Å². The van der Waals surface area contributed by atoms with Crippen LogP contribution in [0.4, 0.5) is 0 Å². The van der Waals surface area contributed by atoms with E-state index >= 15 is 0 Å². The summed E-state index contributed by atoms with van der Waals surface area (Å²) in [5.41, 5.74) is 5.20. The first-order valence-corrected chi connectivity index (χ1v) is 5.18. The van der Waals surface area contributed by atoms with Crippen LogP contribution in [0.1, 0.15) is 0 Å². The van der Waals surface area contributed by atoms with E-state index in [1.54, 1.807) is 0 Å². The van der Waals surface area contributed by atoms with Gasteiger partial charge in [0.1, 0.15) is 6.04 Å². The van der Waals surface area contributed by atoms with E-state index in [0.717, 1.165) is 0 Å². The average Bonchev–Trinajstić information content (AvgIpc) is 2.14. The summed E-state index contributed by atoms with van der Waals surface area (Å²) in [6, 6.07) is -1.22. The van der Waals surface area contributed by atoms with Gasteiger partial charge in [-0.05, 0) is 0 Å². The van der Waals surface area contributed by atoms with Crippen LogP contribution in [-0.4, -0.2) is 52.8 Å². The number of aliphatic hydroxyl groups excluding tert-OH is 1. The van der Waals surface area contributed by atoms with E-state index in [4.69, 9.17) is 15.9 Å². The number of carbonyl (C=O) groups excluding carboxylic acids is 1. The van der Waals surface area contributed by atoms with Crippen molar-refractivity contribution >= 4 is 23.6 Å². The van der Waals surface area contributed by atoms with E-state index in [2.05, 4.69) is 5.32 Å². The predicted octanol–water partition coefficient (Wildman–Crippen LogP) is -1.76. The molecule has 0 saturated carbocycles. The summed E-state index contributed by atoms with van der Waals surface area (Å²) in [6.07, 6.45) is 0. The third-order valence-corrected chi connectivity index (χ3v) is 2.30. The smallest absolute Gasteiger partial charge is 0.328 e. The Morgan fingerprint density at radius 2 is 2.14 bits per heavy atom. The first kappa shape index (κ1) is 13.2. The summed E-state index contributed by atoms with van der Waals surface area (Å²) in [5.74, 6) is -0.861. The lowest BCUT2D eigenvalue weighted by Gasteiger charge is -2.10. The van der Waals surface area contributed by atoms with Crippen LogP contribution in [-0.2, 0) is 9.59 Å². The van der Waals surface area contributed by atoms with Gasteiger partial charge in [-0.25, -0.2) is 4.79 Å². The van der Waals surface area contributed by atoms with Gasteiger partial charge in [0.2, 0.25) is 5.91 Å². The van der Waals surface area contributed by atoms with Crippen molar-refractivity contribution in [2.75, 3.05) is 24.7 Å². The van der Waals surface area contributed by atoms with Crippen LogP contribution in [0.25, 0.3) is 0 Å². The molecule has 0 fully saturated rings. The van der Waals surface area contributed by atoms with Crippen LogP contribution >= 0.6 is 11.8 Å². The number of carboxylic acid groups (broad SMARTS) is 1. The van der Waals surface area contributed by atoms with E-state index in [1.807, 2.05) is 0 Å². The molecule has 0 aliphatic rings. The van der Waals surface area contributed by atoms with Crippen LogP contribution in [0.2, 0.25) is 0 Å². The Hall–Kier alpha value is -0.790. The number of carbonyl (C=O) groups is 2. The Balaban J connectivity index is 3.74. The second-order valence-electron chi connectivity index (χ2n) is 2.48.